The van der Waals surface area contributed by atoms with Gasteiger partial charge >= 0.3 is 0 Å². The molecule has 0 bridgehead atoms. The van der Waals surface area contributed by atoms with E-state index >= 15 is 0 Å². The van der Waals surface area contributed by atoms with Crippen LogP contribution < -0.4 is 0 Å². The molecule has 0 saturated carbocycles. The molecular weight excluding hydrogens is 306 g/mol. The van der Waals surface area contributed by atoms with E-state index in [0.29, 0.717) is 0 Å². The number of thiazole rings is 1. The Morgan fingerprint density at radius 3 is 2.78 bits per heavy atom. The molecule has 1 aromatic carbocycles. The molecule has 1 aliphatic heterocycles. The Labute approximate surface area is 139 Å². The monoisotopic (exact) mass is 325 g/mol. The van der Waals surface area contributed by atoms with Crippen molar-refractivity contribution in [2.24, 2.45) is 0 Å². The van der Waals surface area contributed by atoms with E-state index < -0.39 is 0 Å². The molecule has 1 N–H and O–H groups in total. The van der Waals surface area contributed by atoms with Crippen LogP contribution in [0.5, 0.6) is 0 Å². The molecule has 0 amide bonds. The number of hydrogen-bond donors (Lipinski definition) is 1. The van der Waals surface area contributed by atoms with Gasteiger partial charge in [0.15, 0.2) is 5.82 Å². The van der Waals surface area contributed by atoms with E-state index in [1.807, 2.05) is 24.4 Å². The molecule has 1 fully saturated rings. The van der Waals surface area contributed by atoms with Gasteiger partial charge < -0.3 is 0 Å². The summed E-state index contributed by atoms with van der Waals surface area (Å²) in [6.07, 6.45) is 5.28. The number of aromatic nitrogens is 4. The number of nitrogens with one attached hydrogen (secondary N) is 1. The summed E-state index contributed by atoms with van der Waals surface area (Å²) in [7, 11) is 0. The van der Waals surface area contributed by atoms with Crippen LogP contribution in [0.25, 0.3) is 10.7 Å². The van der Waals surface area contributed by atoms with Crippen molar-refractivity contribution in [2.75, 3.05) is 13.1 Å². The van der Waals surface area contributed by atoms with Crippen LogP contribution in [-0.2, 0) is 13.0 Å². The van der Waals surface area contributed by atoms with Crippen LogP contribution in [-0.4, -0.2) is 38.2 Å². The standard InChI is InChI=1S/C17H19N5S/c1-2-6-13(7-3-1)10-15-19-17(21-20-15)14-11-18-16(23-14)12-22-8-4-5-9-22/h1-3,6-7,11H,4-5,8-10,12H2,(H,19,20,21). The van der Waals surface area contributed by atoms with Crippen molar-refractivity contribution in [3.63, 3.8) is 0 Å². The molecular formula is C17H19N5S. The Hall–Kier alpha value is -2.05. The molecule has 5 nitrogen and oxygen atoms in total. The van der Waals surface area contributed by atoms with Crippen molar-refractivity contribution in [1.29, 1.82) is 0 Å². The summed E-state index contributed by atoms with van der Waals surface area (Å²) in [4.78, 5) is 12.6. The largest absolute Gasteiger partial charge is 0.297 e. The lowest BCUT2D eigenvalue weighted by molar-refractivity contribution is 0.331. The Morgan fingerprint density at radius 2 is 1.96 bits per heavy atom. The van der Waals surface area contributed by atoms with E-state index in [9.17, 15) is 0 Å². The average Bonchev–Trinajstić information content (AvgIpc) is 3.30. The second kappa shape index (κ2) is 6.60. The van der Waals surface area contributed by atoms with E-state index in [-0.39, 0.29) is 0 Å². The highest BCUT2D eigenvalue weighted by Crippen LogP contribution is 2.25. The van der Waals surface area contributed by atoms with Gasteiger partial charge in [-0.25, -0.2) is 9.97 Å². The Kier molecular flexibility index (Phi) is 4.17. The van der Waals surface area contributed by atoms with Crippen LogP contribution in [0.4, 0.5) is 0 Å². The average molecular weight is 325 g/mol. The number of benzene rings is 1. The van der Waals surface area contributed by atoms with E-state index in [4.69, 9.17) is 0 Å². The smallest absolute Gasteiger partial charge is 0.192 e. The Morgan fingerprint density at radius 1 is 1.13 bits per heavy atom. The third kappa shape index (κ3) is 3.48. The minimum absolute atomic E-state index is 0.751. The second-order valence-corrected chi connectivity index (χ2v) is 6.98. The van der Waals surface area contributed by atoms with E-state index in [1.165, 1.54) is 31.5 Å². The fourth-order valence-corrected chi connectivity index (χ4v) is 3.79. The molecule has 6 heteroatoms. The van der Waals surface area contributed by atoms with Crippen molar-refractivity contribution >= 4 is 11.3 Å². The molecule has 118 valence electrons. The van der Waals surface area contributed by atoms with Gasteiger partial charge in [-0.2, -0.15) is 5.10 Å². The van der Waals surface area contributed by atoms with E-state index in [1.54, 1.807) is 11.3 Å². The van der Waals surface area contributed by atoms with Crippen LogP contribution in [0.1, 0.15) is 29.2 Å². The highest BCUT2D eigenvalue weighted by molar-refractivity contribution is 7.15. The fraction of sp³-hybridized carbons (Fsp3) is 0.353. The normalized spacial score (nSPS) is 15.3. The van der Waals surface area contributed by atoms with Gasteiger partial charge in [-0.05, 0) is 31.5 Å². The van der Waals surface area contributed by atoms with Crippen LogP contribution in [0, 0.1) is 0 Å². The molecule has 0 spiro atoms. The van der Waals surface area contributed by atoms with Gasteiger partial charge in [-0.15, -0.1) is 11.3 Å². The number of H-pyrrole nitrogens is 1. The van der Waals surface area contributed by atoms with Crippen LogP contribution in [0.3, 0.4) is 0 Å². The maximum atomic E-state index is 4.61. The van der Waals surface area contributed by atoms with Gasteiger partial charge in [0.25, 0.3) is 0 Å². The van der Waals surface area contributed by atoms with Crippen LogP contribution in [0.15, 0.2) is 36.5 Å². The molecule has 0 atom stereocenters. The topological polar surface area (TPSA) is 57.7 Å². The van der Waals surface area contributed by atoms with Gasteiger partial charge in [0.1, 0.15) is 10.8 Å². The molecule has 23 heavy (non-hydrogen) atoms. The molecule has 3 heterocycles. The Bertz CT molecular complexity index is 758. The Balaban J connectivity index is 1.45. The van der Waals surface area contributed by atoms with Gasteiger partial charge in [-0.1, -0.05) is 30.3 Å². The predicted molar refractivity (Wildman–Crippen MR) is 91.2 cm³/mol. The van der Waals surface area contributed by atoms with Crippen molar-refractivity contribution in [1.82, 2.24) is 25.1 Å². The molecule has 2 aromatic heterocycles. The fourth-order valence-electron chi connectivity index (χ4n) is 2.89. The lowest BCUT2D eigenvalue weighted by Gasteiger charge is -2.11. The van der Waals surface area contributed by atoms with Crippen molar-refractivity contribution in [3.05, 3.63) is 52.9 Å². The molecule has 1 saturated heterocycles. The van der Waals surface area contributed by atoms with E-state index in [2.05, 4.69) is 37.2 Å². The predicted octanol–water partition coefficient (Wildman–Crippen LogP) is 3.11. The first kappa shape index (κ1) is 14.5. The summed E-state index contributed by atoms with van der Waals surface area (Å²) in [5.74, 6) is 1.64. The highest BCUT2D eigenvalue weighted by Gasteiger charge is 2.15. The minimum Gasteiger partial charge on any atom is -0.297 e. The first-order valence-electron chi connectivity index (χ1n) is 7.99. The minimum atomic E-state index is 0.751. The van der Waals surface area contributed by atoms with Crippen molar-refractivity contribution in [2.45, 2.75) is 25.8 Å². The third-order valence-corrected chi connectivity index (χ3v) is 5.06. The summed E-state index contributed by atoms with van der Waals surface area (Å²) < 4.78 is 0. The first-order valence-corrected chi connectivity index (χ1v) is 8.81. The molecule has 3 aromatic rings. The summed E-state index contributed by atoms with van der Waals surface area (Å²) in [6.45, 7) is 3.33. The molecule has 0 aliphatic carbocycles. The number of rotatable bonds is 5. The lowest BCUT2D eigenvalue weighted by atomic mass is 10.1. The summed E-state index contributed by atoms with van der Waals surface area (Å²) >= 11 is 1.69. The number of likely N-dealkylation sites (tertiary alicyclic amines) is 1. The van der Waals surface area contributed by atoms with Crippen molar-refractivity contribution < 1.29 is 0 Å². The number of aromatic amines is 1. The number of nitrogens with zero attached hydrogens (tertiary/aromatic N) is 4. The van der Waals surface area contributed by atoms with Crippen molar-refractivity contribution in [3.8, 4) is 10.7 Å². The van der Waals surface area contributed by atoms with Gasteiger partial charge in [0.05, 0.1) is 11.4 Å². The molecule has 4 rings (SSSR count). The second-order valence-electron chi connectivity index (χ2n) is 5.87. The van der Waals surface area contributed by atoms with E-state index in [0.717, 1.165) is 34.5 Å². The maximum absolute atomic E-state index is 4.61. The molecule has 0 unspecified atom stereocenters. The summed E-state index contributed by atoms with van der Waals surface area (Å²) in [5.41, 5.74) is 1.23. The third-order valence-electron chi connectivity index (χ3n) is 4.08. The molecule has 1 aliphatic rings. The summed E-state index contributed by atoms with van der Waals surface area (Å²) in [6, 6.07) is 10.3. The zero-order chi connectivity index (χ0) is 15.5. The zero-order valence-corrected chi connectivity index (χ0v) is 13.7. The number of hydrogen-bond acceptors (Lipinski definition) is 5. The first-order chi connectivity index (χ1) is 11.4. The maximum Gasteiger partial charge on any atom is 0.192 e. The zero-order valence-electron chi connectivity index (χ0n) is 12.9. The van der Waals surface area contributed by atoms with Crippen LogP contribution >= 0.6 is 11.3 Å². The summed E-state index contributed by atoms with van der Waals surface area (Å²) in [5, 5.41) is 8.54. The van der Waals surface area contributed by atoms with Gasteiger partial charge in [-0.3, -0.25) is 10.00 Å². The molecule has 0 radical (unpaired) electrons. The van der Waals surface area contributed by atoms with Crippen LogP contribution in [0.2, 0.25) is 0 Å². The lowest BCUT2D eigenvalue weighted by Crippen LogP contribution is -2.17. The highest BCUT2D eigenvalue weighted by atomic mass is 32.1. The van der Waals surface area contributed by atoms with Gasteiger partial charge in [0.2, 0.25) is 0 Å². The SMILES string of the molecule is c1ccc(Cc2nc(-c3cnc(CN4CCCC4)s3)n[nH]2)cc1. The van der Waals surface area contributed by atoms with Gasteiger partial charge in [0, 0.05) is 12.6 Å². The quantitative estimate of drug-likeness (QED) is 0.783.